The Morgan fingerprint density at radius 3 is 2.70 bits per heavy atom. The van der Waals surface area contributed by atoms with Crippen molar-refractivity contribution in [3.63, 3.8) is 0 Å². The summed E-state index contributed by atoms with van der Waals surface area (Å²) in [6, 6.07) is 5.52. The molecule has 0 radical (unpaired) electrons. The van der Waals surface area contributed by atoms with E-state index in [1.807, 2.05) is 19.1 Å². The maximum Gasteiger partial charge on any atom is 0.227 e. The number of aromatic nitrogens is 1. The second-order valence-electron chi connectivity index (χ2n) is 4.73. The minimum atomic E-state index is -0.0829. The normalized spacial score (nSPS) is 10.7. The number of rotatable bonds is 8. The van der Waals surface area contributed by atoms with Crippen LogP contribution in [0.15, 0.2) is 23.2 Å². The number of amides is 1. The predicted molar refractivity (Wildman–Crippen MR) is 103 cm³/mol. The molecule has 0 saturated heterocycles. The fourth-order valence-corrected chi connectivity index (χ4v) is 1.76. The van der Waals surface area contributed by atoms with E-state index in [9.17, 15) is 4.79 Å². The molecule has 130 valence electrons. The largest absolute Gasteiger partial charge is 0.385 e. The fraction of sp³-hybridized carbons (Fsp3) is 0.533. The van der Waals surface area contributed by atoms with Crippen molar-refractivity contribution in [1.82, 2.24) is 15.6 Å². The highest BCUT2D eigenvalue weighted by Crippen LogP contribution is 2.03. The van der Waals surface area contributed by atoms with Crippen LogP contribution in [0.3, 0.4) is 0 Å². The maximum atomic E-state index is 11.8. The molecule has 0 unspecified atom stereocenters. The lowest BCUT2D eigenvalue weighted by atomic mass is 10.3. The molecular formula is C15H26IN5O2. The second kappa shape index (κ2) is 13.1. The number of pyridine rings is 1. The molecule has 23 heavy (non-hydrogen) atoms. The number of carbonyl (C=O) groups excluding carboxylic acids is 1. The molecule has 0 spiro atoms. The molecule has 0 aliphatic heterocycles. The summed E-state index contributed by atoms with van der Waals surface area (Å²) in [5.41, 5.74) is 0.872. The van der Waals surface area contributed by atoms with Gasteiger partial charge in [0.25, 0.3) is 0 Å². The average molecular weight is 435 g/mol. The lowest BCUT2D eigenvalue weighted by Crippen LogP contribution is -2.39. The number of ether oxygens (including phenoxy) is 1. The number of nitrogens with zero attached hydrogens (tertiary/aromatic N) is 2. The number of methoxy groups -OCH3 is 1. The standard InChI is InChI=1S/C15H25N5O2.HI/c1-12-6-4-7-13(19-12)20-14(21)8-10-18-15(16-2)17-9-5-11-22-3;/h4,6-7H,5,8-11H2,1-3H3,(H2,16,17,18)(H,19,20,21);1H. The zero-order valence-corrected chi connectivity index (χ0v) is 16.2. The summed E-state index contributed by atoms with van der Waals surface area (Å²) < 4.78 is 4.98. The molecule has 0 saturated carbocycles. The highest BCUT2D eigenvalue weighted by atomic mass is 127. The fourth-order valence-electron chi connectivity index (χ4n) is 1.76. The van der Waals surface area contributed by atoms with Crippen LogP contribution in [0, 0.1) is 6.92 Å². The first kappa shape index (κ1) is 21.6. The summed E-state index contributed by atoms with van der Waals surface area (Å²) in [6.07, 6.45) is 1.24. The van der Waals surface area contributed by atoms with Gasteiger partial charge in [-0.25, -0.2) is 4.98 Å². The molecule has 0 bridgehead atoms. The Balaban J connectivity index is 0.00000484. The Labute approximate surface area is 154 Å². The van der Waals surface area contributed by atoms with Crippen LogP contribution in [0.1, 0.15) is 18.5 Å². The van der Waals surface area contributed by atoms with Gasteiger partial charge in [-0.1, -0.05) is 6.07 Å². The Morgan fingerprint density at radius 1 is 1.30 bits per heavy atom. The number of aryl methyl sites for hydroxylation is 1. The summed E-state index contributed by atoms with van der Waals surface area (Å²) in [7, 11) is 3.37. The number of hydrogen-bond acceptors (Lipinski definition) is 4. The van der Waals surface area contributed by atoms with Crippen LogP contribution in [-0.4, -0.2) is 50.7 Å². The molecule has 3 N–H and O–H groups in total. The molecule has 0 aliphatic carbocycles. The third-order valence-electron chi connectivity index (χ3n) is 2.84. The molecule has 8 heteroatoms. The molecule has 0 aliphatic rings. The van der Waals surface area contributed by atoms with Crippen molar-refractivity contribution >= 4 is 41.7 Å². The zero-order valence-electron chi connectivity index (χ0n) is 13.9. The topological polar surface area (TPSA) is 87.6 Å². The van der Waals surface area contributed by atoms with Gasteiger partial charge in [0.1, 0.15) is 5.82 Å². The van der Waals surface area contributed by atoms with Crippen LogP contribution in [0.25, 0.3) is 0 Å². The van der Waals surface area contributed by atoms with Crippen LogP contribution in [0.5, 0.6) is 0 Å². The average Bonchev–Trinajstić information content (AvgIpc) is 2.49. The smallest absolute Gasteiger partial charge is 0.227 e. The first-order valence-electron chi connectivity index (χ1n) is 7.32. The van der Waals surface area contributed by atoms with Crippen molar-refractivity contribution in [2.24, 2.45) is 4.99 Å². The highest BCUT2D eigenvalue weighted by Gasteiger charge is 2.04. The van der Waals surface area contributed by atoms with Crippen LogP contribution in [0.2, 0.25) is 0 Å². The van der Waals surface area contributed by atoms with E-state index < -0.39 is 0 Å². The van der Waals surface area contributed by atoms with E-state index in [4.69, 9.17) is 4.74 Å². The van der Waals surface area contributed by atoms with Crippen molar-refractivity contribution in [3.05, 3.63) is 23.9 Å². The molecule has 1 rings (SSSR count). The van der Waals surface area contributed by atoms with Gasteiger partial charge in [0.15, 0.2) is 5.96 Å². The van der Waals surface area contributed by atoms with Gasteiger partial charge in [-0.15, -0.1) is 24.0 Å². The number of hydrogen-bond donors (Lipinski definition) is 3. The van der Waals surface area contributed by atoms with Gasteiger partial charge in [0.05, 0.1) is 0 Å². The van der Waals surface area contributed by atoms with Gasteiger partial charge in [-0.3, -0.25) is 9.79 Å². The van der Waals surface area contributed by atoms with Crippen molar-refractivity contribution < 1.29 is 9.53 Å². The van der Waals surface area contributed by atoms with E-state index in [1.165, 1.54) is 0 Å². The molecule has 1 heterocycles. The van der Waals surface area contributed by atoms with Crippen molar-refractivity contribution in [2.45, 2.75) is 19.8 Å². The van der Waals surface area contributed by atoms with E-state index in [1.54, 1.807) is 20.2 Å². The molecule has 1 amide bonds. The van der Waals surface area contributed by atoms with Gasteiger partial charge in [0, 0.05) is 46.0 Å². The number of aliphatic imine (C=N–C) groups is 1. The van der Waals surface area contributed by atoms with Crippen molar-refractivity contribution in [3.8, 4) is 0 Å². The molecule has 1 aromatic rings. The third kappa shape index (κ3) is 10.1. The van der Waals surface area contributed by atoms with Gasteiger partial charge >= 0.3 is 0 Å². The highest BCUT2D eigenvalue weighted by molar-refractivity contribution is 14.0. The maximum absolute atomic E-state index is 11.8. The number of nitrogens with one attached hydrogen (secondary N) is 3. The molecule has 7 nitrogen and oxygen atoms in total. The van der Waals surface area contributed by atoms with Crippen LogP contribution < -0.4 is 16.0 Å². The summed E-state index contributed by atoms with van der Waals surface area (Å²) in [5, 5.41) is 9.01. The molecule has 0 aromatic carbocycles. The van der Waals surface area contributed by atoms with Crippen molar-refractivity contribution in [2.75, 3.05) is 39.2 Å². The summed E-state index contributed by atoms with van der Waals surface area (Å²) in [6.45, 7) is 3.86. The number of carbonyl (C=O) groups is 1. The van der Waals surface area contributed by atoms with E-state index >= 15 is 0 Å². The minimum Gasteiger partial charge on any atom is -0.385 e. The van der Waals surface area contributed by atoms with Gasteiger partial charge in [-0.2, -0.15) is 0 Å². The predicted octanol–water partition coefficient (Wildman–Crippen LogP) is 1.54. The van der Waals surface area contributed by atoms with Crippen LogP contribution >= 0.6 is 24.0 Å². The van der Waals surface area contributed by atoms with Crippen LogP contribution in [-0.2, 0) is 9.53 Å². The summed E-state index contributed by atoms with van der Waals surface area (Å²) in [5.74, 6) is 1.17. The van der Waals surface area contributed by atoms with Gasteiger partial charge < -0.3 is 20.7 Å². The quantitative estimate of drug-likeness (QED) is 0.250. The number of guanidine groups is 1. The van der Waals surface area contributed by atoms with Gasteiger partial charge in [0.2, 0.25) is 5.91 Å². The van der Waals surface area contributed by atoms with Crippen LogP contribution in [0.4, 0.5) is 5.82 Å². The second-order valence-corrected chi connectivity index (χ2v) is 4.73. The Kier molecular flexibility index (Phi) is 12.3. The molecule has 0 atom stereocenters. The molecule has 1 aromatic heterocycles. The SMILES string of the molecule is CN=C(NCCCOC)NCCC(=O)Nc1cccc(C)n1.I. The lowest BCUT2D eigenvalue weighted by molar-refractivity contribution is -0.116. The van der Waals surface area contributed by atoms with E-state index in [0.29, 0.717) is 31.3 Å². The monoisotopic (exact) mass is 435 g/mol. The van der Waals surface area contributed by atoms with E-state index in [2.05, 4.69) is 25.9 Å². The van der Waals surface area contributed by atoms with Crippen molar-refractivity contribution in [1.29, 1.82) is 0 Å². The summed E-state index contributed by atoms with van der Waals surface area (Å²) >= 11 is 0. The molecular weight excluding hydrogens is 409 g/mol. The first-order chi connectivity index (χ1) is 10.7. The minimum absolute atomic E-state index is 0. The lowest BCUT2D eigenvalue weighted by Gasteiger charge is -2.11. The Hall–Kier alpha value is -1.42. The Bertz CT molecular complexity index is 497. The summed E-state index contributed by atoms with van der Waals surface area (Å²) in [4.78, 5) is 20.1. The Morgan fingerprint density at radius 2 is 2.04 bits per heavy atom. The third-order valence-corrected chi connectivity index (χ3v) is 2.84. The van der Waals surface area contributed by atoms with Gasteiger partial charge in [-0.05, 0) is 25.5 Å². The van der Waals surface area contributed by atoms with E-state index in [0.717, 1.165) is 18.7 Å². The molecule has 0 fully saturated rings. The first-order valence-corrected chi connectivity index (χ1v) is 7.32. The van der Waals surface area contributed by atoms with E-state index in [-0.39, 0.29) is 29.9 Å². The number of anilines is 1. The number of halogens is 1. The zero-order chi connectivity index (χ0) is 16.2.